The molecule has 1 unspecified atom stereocenters. The van der Waals surface area contributed by atoms with E-state index in [1.165, 1.54) is 6.33 Å². The lowest BCUT2D eigenvalue weighted by molar-refractivity contribution is 0.0250. The lowest BCUT2D eigenvalue weighted by Gasteiger charge is -2.23. The van der Waals surface area contributed by atoms with Gasteiger partial charge in [-0.2, -0.15) is 0 Å². The Morgan fingerprint density at radius 2 is 1.94 bits per heavy atom. The minimum Gasteiger partial charge on any atom is -0.383 e. The number of nitrogens with two attached hydrogens (primary N) is 1. The maximum absolute atomic E-state index is 6.25. The summed E-state index contributed by atoms with van der Waals surface area (Å²) >= 11 is 0. The van der Waals surface area contributed by atoms with E-state index in [1.807, 2.05) is 36.7 Å². The van der Waals surface area contributed by atoms with Crippen LogP contribution in [0.2, 0.25) is 0 Å². The predicted octanol–water partition coefficient (Wildman–Crippen LogP) is 3.48. The molecule has 0 radical (unpaired) electrons. The summed E-state index contributed by atoms with van der Waals surface area (Å²) in [7, 11) is 0. The van der Waals surface area contributed by atoms with Crippen LogP contribution in [-0.2, 0) is 4.74 Å². The highest BCUT2D eigenvalue weighted by Crippen LogP contribution is 2.35. The maximum atomic E-state index is 6.25. The fraction of sp³-hybridized carbons (Fsp3) is 0.167. The normalized spacial score (nSPS) is 16.6. The molecule has 4 N–H and O–H groups in total. The number of aromatic nitrogens is 5. The molecule has 1 aliphatic heterocycles. The fourth-order valence-electron chi connectivity index (χ4n) is 4.19. The molecule has 1 aliphatic rings. The Morgan fingerprint density at radius 1 is 1.00 bits per heavy atom. The van der Waals surface area contributed by atoms with Gasteiger partial charge in [0.15, 0.2) is 5.65 Å². The molecular weight excluding hydrogens is 402 g/mol. The largest absolute Gasteiger partial charge is 0.383 e. The van der Waals surface area contributed by atoms with Crippen molar-refractivity contribution in [2.45, 2.75) is 6.10 Å². The van der Waals surface area contributed by atoms with E-state index in [9.17, 15) is 0 Å². The second-order valence-corrected chi connectivity index (χ2v) is 7.83. The molecule has 32 heavy (non-hydrogen) atoms. The van der Waals surface area contributed by atoms with Crippen LogP contribution in [0.4, 0.5) is 5.82 Å². The Bertz CT molecular complexity index is 1420. The van der Waals surface area contributed by atoms with Gasteiger partial charge in [-0.1, -0.05) is 6.07 Å². The Morgan fingerprint density at radius 3 is 2.78 bits per heavy atom. The molecular formula is C24H21N7O. The first-order valence-corrected chi connectivity index (χ1v) is 10.5. The highest BCUT2D eigenvalue weighted by molar-refractivity contribution is 6.02. The molecule has 5 aromatic rings. The first kappa shape index (κ1) is 18.9. The van der Waals surface area contributed by atoms with E-state index < -0.39 is 0 Å². The summed E-state index contributed by atoms with van der Waals surface area (Å²) in [5, 5.41) is 5.21. The number of hydrogen-bond acceptors (Lipinski definition) is 7. The summed E-state index contributed by atoms with van der Waals surface area (Å²) in [6, 6.07) is 14.4. The third-order valence-corrected chi connectivity index (χ3v) is 5.84. The highest BCUT2D eigenvalue weighted by Gasteiger charge is 2.18. The first-order chi connectivity index (χ1) is 15.8. The number of ether oxygens (including phenoxy) is 1. The predicted molar refractivity (Wildman–Crippen MR) is 124 cm³/mol. The van der Waals surface area contributed by atoms with E-state index in [4.69, 9.17) is 15.5 Å². The number of nitrogen functional groups attached to an aromatic ring is 1. The summed E-state index contributed by atoms with van der Waals surface area (Å²) in [4.78, 5) is 21.2. The summed E-state index contributed by atoms with van der Waals surface area (Å²) < 4.78 is 5.81. The van der Waals surface area contributed by atoms with E-state index >= 15 is 0 Å². The van der Waals surface area contributed by atoms with Crippen LogP contribution in [0.1, 0.15) is 11.8 Å². The summed E-state index contributed by atoms with van der Waals surface area (Å²) in [5.41, 5.74) is 12.4. The Labute approximate surface area is 183 Å². The third-order valence-electron chi connectivity index (χ3n) is 5.84. The molecule has 1 atom stereocenters. The van der Waals surface area contributed by atoms with E-state index in [2.05, 4.69) is 43.5 Å². The lowest BCUT2D eigenvalue weighted by Crippen LogP contribution is -2.33. The number of pyridine rings is 2. The van der Waals surface area contributed by atoms with Crippen LogP contribution in [0.5, 0.6) is 0 Å². The van der Waals surface area contributed by atoms with E-state index in [1.54, 1.807) is 0 Å². The lowest BCUT2D eigenvalue weighted by atomic mass is 9.99. The van der Waals surface area contributed by atoms with Crippen molar-refractivity contribution >= 4 is 27.8 Å². The van der Waals surface area contributed by atoms with Crippen LogP contribution >= 0.6 is 0 Å². The number of anilines is 1. The number of nitrogens with one attached hydrogen (secondary N) is 2. The summed E-state index contributed by atoms with van der Waals surface area (Å²) in [5.74, 6) is 0.411. The Hall–Kier alpha value is -3.88. The third kappa shape index (κ3) is 3.26. The van der Waals surface area contributed by atoms with Gasteiger partial charge < -0.3 is 20.8 Å². The molecule has 1 aromatic carbocycles. The number of rotatable bonds is 3. The van der Waals surface area contributed by atoms with Crippen molar-refractivity contribution in [3.05, 3.63) is 66.9 Å². The molecule has 0 bridgehead atoms. The van der Waals surface area contributed by atoms with E-state index in [-0.39, 0.29) is 6.10 Å². The van der Waals surface area contributed by atoms with Crippen LogP contribution in [0, 0.1) is 0 Å². The molecule has 1 saturated heterocycles. The molecule has 0 spiro atoms. The maximum Gasteiger partial charge on any atom is 0.165 e. The van der Waals surface area contributed by atoms with E-state index in [0.29, 0.717) is 18.1 Å². The monoisotopic (exact) mass is 423 g/mol. The zero-order valence-corrected chi connectivity index (χ0v) is 17.2. The number of fused-ring (bicyclic) bond motifs is 2. The number of nitrogens with zero attached hydrogens (tertiary/aromatic N) is 4. The number of hydrogen-bond donors (Lipinski definition) is 3. The van der Waals surface area contributed by atoms with Crippen molar-refractivity contribution in [2.75, 3.05) is 25.4 Å². The average molecular weight is 423 g/mol. The van der Waals surface area contributed by atoms with Gasteiger partial charge in [-0.15, -0.1) is 0 Å². The summed E-state index contributed by atoms with van der Waals surface area (Å²) in [6.45, 7) is 2.33. The van der Waals surface area contributed by atoms with Gasteiger partial charge in [-0.05, 0) is 52.9 Å². The van der Waals surface area contributed by atoms with Gasteiger partial charge in [0.1, 0.15) is 18.2 Å². The van der Waals surface area contributed by atoms with Crippen molar-refractivity contribution in [1.82, 2.24) is 30.2 Å². The van der Waals surface area contributed by atoms with E-state index in [0.717, 1.165) is 57.5 Å². The first-order valence-electron chi connectivity index (χ1n) is 10.5. The smallest absolute Gasteiger partial charge is 0.165 e. The average Bonchev–Trinajstić information content (AvgIpc) is 3.32. The molecule has 4 aromatic heterocycles. The number of aromatic amines is 1. The zero-order valence-electron chi connectivity index (χ0n) is 17.2. The topological polar surface area (TPSA) is 115 Å². The van der Waals surface area contributed by atoms with Crippen LogP contribution in [0.25, 0.3) is 44.3 Å². The zero-order chi connectivity index (χ0) is 21.5. The van der Waals surface area contributed by atoms with Gasteiger partial charge in [0.05, 0.1) is 23.4 Å². The van der Waals surface area contributed by atoms with Crippen LogP contribution in [0.3, 0.4) is 0 Å². The van der Waals surface area contributed by atoms with Gasteiger partial charge in [0.2, 0.25) is 0 Å². The van der Waals surface area contributed by atoms with Crippen LogP contribution in [0.15, 0.2) is 61.2 Å². The van der Waals surface area contributed by atoms with Gasteiger partial charge in [0, 0.05) is 36.6 Å². The minimum absolute atomic E-state index is 0.0291. The number of H-pyrrole nitrogens is 1. The van der Waals surface area contributed by atoms with Crippen molar-refractivity contribution < 1.29 is 4.74 Å². The highest BCUT2D eigenvalue weighted by atomic mass is 16.5. The quantitative estimate of drug-likeness (QED) is 0.407. The fourth-order valence-corrected chi connectivity index (χ4v) is 4.19. The van der Waals surface area contributed by atoms with Crippen molar-refractivity contribution in [2.24, 2.45) is 0 Å². The number of benzene rings is 1. The van der Waals surface area contributed by atoms with Crippen molar-refractivity contribution in [1.29, 1.82) is 0 Å². The molecule has 158 valence electrons. The summed E-state index contributed by atoms with van der Waals surface area (Å²) in [6.07, 6.45) is 5.19. The molecule has 0 saturated carbocycles. The second-order valence-electron chi connectivity index (χ2n) is 7.83. The van der Waals surface area contributed by atoms with Gasteiger partial charge >= 0.3 is 0 Å². The number of morpholine rings is 1. The van der Waals surface area contributed by atoms with Crippen molar-refractivity contribution in [3.63, 3.8) is 0 Å². The van der Waals surface area contributed by atoms with Crippen molar-refractivity contribution in [3.8, 4) is 22.4 Å². The van der Waals surface area contributed by atoms with Gasteiger partial charge in [-0.3, -0.25) is 4.98 Å². The molecule has 0 amide bonds. The molecule has 6 rings (SSSR count). The van der Waals surface area contributed by atoms with Crippen LogP contribution < -0.4 is 11.1 Å². The van der Waals surface area contributed by atoms with Crippen LogP contribution in [-0.4, -0.2) is 44.6 Å². The Balaban J connectivity index is 1.48. The molecule has 1 fully saturated rings. The van der Waals surface area contributed by atoms with Gasteiger partial charge in [-0.25, -0.2) is 15.0 Å². The molecule has 8 heteroatoms. The second kappa shape index (κ2) is 7.67. The SMILES string of the molecule is Nc1ncnc2nc(-c3ccc(C4CNCCO4)nc3)cc(-c3ccc4[nH]ccc4c3)c12. The minimum atomic E-state index is -0.0291. The molecule has 5 heterocycles. The standard InChI is InChI=1S/C24H21N7O/c25-23-22-17(14-1-3-18-15(9-14)5-6-27-18)10-20(31-24(22)30-13-29-23)16-2-4-19(28-11-16)21-12-26-7-8-32-21/h1-6,9-11,13,21,26-27H,7-8,12H2,(H2,25,29,30,31). The molecule has 0 aliphatic carbocycles. The molecule has 8 nitrogen and oxygen atoms in total. The Kier molecular flexibility index (Phi) is 4.52. The van der Waals surface area contributed by atoms with Gasteiger partial charge in [0.25, 0.3) is 0 Å².